The second-order valence-electron chi connectivity index (χ2n) is 12.3. The smallest absolute Gasteiger partial charge is 0.0991 e. The lowest BCUT2D eigenvalue weighted by Crippen LogP contribution is -2.36. The molecule has 0 bridgehead atoms. The third-order valence-electron chi connectivity index (χ3n) is 10.1. The van der Waals surface area contributed by atoms with Crippen molar-refractivity contribution in [1.82, 2.24) is 9.55 Å². The average molecular weight is 599 g/mol. The van der Waals surface area contributed by atoms with Gasteiger partial charge in [0.05, 0.1) is 39.5 Å². The summed E-state index contributed by atoms with van der Waals surface area (Å²) in [6.07, 6.45) is 3.73. The van der Waals surface area contributed by atoms with Crippen LogP contribution in [0.3, 0.4) is 0 Å². The highest BCUT2D eigenvalue weighted by molar-refractivity contribution is 6.09. The van der Waals surface area contributed by atoms with Crippen molar-refractivity contribution in [3.05, 3.63) is 186 Å². The van der Waals surface area contributed by atoms with Crippen LogP contribution in [-0.2, 0) is 5.41 Å². The fourth-order valence-corrected chi connectivity index (χ4v) is 8.32. The number of pyridine rings is 1. The number of para-hydroxylation sites is 2. The van der Waals surface area contributed by atoms with E-state index in [4.69, 9.17) is 0 Å². The lowest BCUT2D eigenvalue weighted by Gasteiger charge is -2.45. The molecule has 3 heterocycles. The van der Waals surface area contributed by atoms with Gasteiger partial charge >= 0.3 is 0 Å². The molecule has 47 heavy (non-hydrogen) atoms. The van der Waals surface area contributed by atoms with Gasteiger partial charge in [0.15, 0.2) is 0 Å². The summed E-state index contributed by atoms with van der Waals surface area (Å²) < 4.78 is 2.28. The molecule has 4 heteroatoms. The quantitative estimate of drug-likeness (QED) is 0.199. The molecule has 4 nitrogen and oxygen atoms in total. The first-order valence-corrected chi connectivity index (χ1v) is 15.9. The van der Waals surface area contributed by atoms with Gasteiger partial charge in [0, 0.05) is 34.5 Å². The van der Waals surface area contributed by atoms with E-state index in [2.05, 4.69) is 148 Å². The molecule has 0 amide bonds. The van der Waals surface area contributed by atoms with E-state index in [0.29, 0.717) is 5.56 Å². The van der Waals surface area contributed by atoms with Crippen LogP contribution in [0.25, 0.3) is 38.6 Å². The van der Waals surface area contributed by atoms with Crippen LogP contribution in [-0.4, -0.2) is 9.55 Å². The molecule has 1 spiro atoms. The van der Waals surface area contributed by atoms with Crippen molar-refractivity contribution in [2.75, 3.05) is 4.90 Å². The van der Waals surface area contributed by atoms with E-state index in [1.807, 2.05) is 30.6 Å². The van der Waals surface area contributed by atoms with E-state index >= 15 is 0 Å². The summed E-state index contributed by atoms with van der Waals surface area (Å²) in [5.74, 6) is 0. The Morgan fingerprint density at radius 1 is 0.532 bits per heavy atom. The van der Waals surface area contributed by atoms with Crippen molar-refractivity contribution in [2.24, 2.45) is 0 Å². The third-order valence-corrected chi connectivity index (χ3v) is 10.1. The number of nitrogens with zero attached hydrogens (tertiary/aromatic N) is 4. The highest BCUT2D eigenvalue weighted by Crippen LogP contribution is 2.63. The van der Waals surface area contributed by atoms with Gasteiger partial charge in [-0.25, -0.2) is 0 Å². The zero-order valence-electron chi connectivity index (χ0n) is 25.3. The summed E-state index contributed by atoms with van der Waals surface area (Å²) in [4.78, 5) is 6.85. The predicted octanol–water partition coefficient (Wildman–Crippen LogP) is 10.2. The summed E-state index contributed by atoms with van der Waals surface area (Å²) in [6.45, 7) is 0. The molecule has 0 saturated heterocycles. The van der Waals surface area contributed by atoms with Crippen molar-refractivity contribution in [3.8, 4) is 22.9 Å². The number of rotatable bonds is 2. The molecule has 218 valence electrons. The van der Waals surface area contributed by atoms with Gasteiger partial charge in [-0.05, 0) is 88.0 Å². The summed E-state index contributed by atoms with van der Waals surface area (Å²) in [5.41, 5.74) is 14.5. The molecule has 0 radical (unpaired) electrons. The maximum absolute atomic E-state index is 9.64. The Hall–Kier alpha value is -6.44. The monoisotopic (exact) mass is 598 g/mol. The maximum atomic E-state index is 9.64. The molecule has 8 aromatic rings. The lowest BCUT2D eigenvalue weighted by molar-refractivity contribution is 0.752. The number of hydrogen-bond donors (Lipinski definition) is 0. The van der Waals surface area contributed by atoms with Crippen LogP contribution in [0.4, 0.5) is 17.1 Å². The minimum atomic E-state index is -0.438. The van der Waals surface area contributed by atoms with Crippen molar-refractivity contribution >= 4 is 38.9 Å². The van der Waals surface area contributed by atoms with Crippen molar-refractivity contribution in [3.63, 3.8) is 0 Å². The topological polar surface area (TPSA) is 44.9 Å². The van der Waals surface area contributed by atoms with E-state index in [0.717, 1.165) is 33.2 Å². The molecule has 0 N–H and O–H groups in total. The molecule has 0 atom stereocenters. The van der Waals surface area contributed by atoms with Gasteiger partial charge in [-0.15, -0.1) is 0 Å². The zero-order chi connectivity index (χ0) is 31.1. The van der Waals surface area contributed by atoms with Gasteiger partial charge in [0.2, 0.25) is 0 Å². The Bertz CT molecular complexity index is 2530. The maximum Gasteiger partial charge on any atom is 0.0991 e. The van der Waals surface area contributed by atoms with E-state index < -0.39 is 5.41 Å². The van der Waals surface area contributed by atoms with Crippen LogP contribution < -0.4 is 4.90 Å². The molecule has 1 aliphatic carbocycles. The van der Waals surface area contributed by atoms with E-state index in [9.17, 15) is 5.26 Å². The van der Waals surface area contributed by atoms with Crippen LogP contribution in [0.15, 0.2) is 158 Å². The number of fused-ring (bicyclic) bond motifs is 12. The van der Waals surface area contributed by atoms with Crippen molar-refractivity contribution in [2.45, 2.75) is 5.41 Å². The second-order valence-corrected chi connectivity index (χ2v) is 12.3. The average Bonchev–Trinajstić information content (AvgIpc) is 3.63. The fourth-order valence-electron chi connectivity index (χ4n) is 8.32. The van der Waals surface area contributed by atoms with Crippen LogP contribution >= 0.6 is 0 Å². The fraction of sp³-hybridized carbons (Fsp3) is 0.0233. The Morgan fingerprint density at radius 2 is 1.13 bits per heavy atom. The Balaban J connectivity index is 1.24. The first kappa shape index (κ1) is 25.8. The van der Waals surface area contributed by atoms with Crippen LogP contribution in [0.5, 0.6) is 0 Å². The number of hydrogen-bond acceptors (Lipinski definition) is 3. The van der Waals surface area contributed by atoms with Gasteiger partial charge in [-0.2, -0.15) is 5.26 Å². The normalized spacial score (nSPS) is 13.6. The molecule has 2 aliphatic rings. The highest BCUT2D eigenvalue weighted by atomic mass is 15.2. The van der Waals surface area contributed by atoms with Gasteiger partial charge in [-0.1, -0.05) is 91.0 Å². The number of aromatic nitrogens is 2. The minimum absolute atomic E-state index is 0.438. The van der Waals surface area contributed by atoms with Crippen LogP contribution in [0.1, 0.15) is 27.8 Å². The Labute approximate surface area is 272 Å². The third kappa shape index (κ3) is 3.32. The number of benzene rings is 6. The summed E-state index contributed by atoms with van der Waals surface area (Å²) >= 11 is 0. The molecule has 0 fully saturated rings. The summed E-state index contributed by atoms with van der Waals surface area (Å²) in [7, 11) is 0. The Morgan fingerprint density at radius 3 is 1.81 bits per heavy atom. The standard InChI is InChI=1S/C43H26N4/c44-26-28-20-21-39-33(24-28)34-27-45-23-22-40(34)46(39)29-10-9-11-30(25-29)47-41-18-7-5-16-37(41)43(38-17-6-8-19-42(38)47)35-14-3-1-12-31(35)32-13-2-4-15-36(32)43/h1-25,27H. The molecule has 0 unspecified atom stereocenters. The van der Waals surface area contributed by atoms with Crippen LogP contribution in [0, 0.1) is 11.3 Å². The molecular weight excluding hydrogens is 573 g/mol. The number of anilines is 3. The Kier molecular flexibility index (Phi) is 5.24. The SMILES string of the molecule is N#Cc1ccc2c(c1)c1cnccc1n2-c1cccc(N2c3ccccc3C3(c4ccccc4-c4ccccc43)c3ccccc32)c1. The summed E-state index contributed by atoms with van der Waals surface area (Å²) in [5, 5.41) is 11.7. The minimum Gasteiger partial charge on any atom is -0.310 e. The highest BCUT2D eigenvalue weighted by Gasteiger charge is 2.51. The molecule has 1 aliphatic heterocycles. The first-order chi connectivity index (χ1) is 23.3. The van der Waals surface area contributed by atoms with Gasteiger partial charge in [0.25, 0.3) is 0 Å². The first-order valence-electron chi connectivity index (χ1n) is 15.9. The van der Waals surface area contributed by atoms with E-state index in [1.54, 1.807) is 0 Å². The van der Waals surface area contributed by atoms with E-state index in [-0.39, 0.29) is 0 Å². The molecular formula is C43H26N4. The molecule has 10 rings (SSSR count). The van der Waals surface area contributed by atoms with Gasteiger partial charge < -0.3 is 9.47 Å². The second kappa shape index (κ2) is 9.53. The molecule has 0 saturated carbocycles. The van der Waals surface area contributed by atoms with Gasteiger partial charge in [-0.3, -0.25) is 4.98 Å². The van der Waals surface area contributed by atoms with E-state index in [1.165, 1.54) is 44.8 Å². The van der Waals surface area contributed by atoms with Gasteiger partial charge in [0.1, 0.15) is 0 Å². The lowest BCUT2D eigenvalue weighted by atomic mass is 9.64. The zero-order valence-corrected chi connectivity index (χ0v) is 25.3. The summed E-state index contributed by atoms with van der Waals surface area (Å²) in [6, 6.07) is 54.7. The largest absolute Gasteiger partial charge is 0.310 e. The van der Waals surface area contributed by atoms with Crippen LogP contribution in [0.2, 0.25) is 0 Å². The van der Waals surface area contributed by atoms with Crippen molar-refractivity contribution in [1.29, 1.82) is 5.26 Å². The molecule has 2 aromatic heterocycles. The van der Waals surface area contributed by atoms with Crippen molar-refractivity contribution < 1.29 is 0 Å². The molecule has 6 aromatic carbocycles. The predicted molar refractivity (Wildman–Crippen MR) is 189 cm³/mol. The number of nitriles is 1.